The quantitative estimate of drug-likeness (QED) is 0.763. The molecule has 0 fully saturated rings. The van der Waals surface area contributed by atoms with Crippen LogP contribution in [0, 0.1) is 0 Å². The average molecular weight is 320 g/mol. The van der Waals surface area contributed by atoms with Gasteiger partial charge in [-0.15, -0.1) is 0 Å². The Morgan fingerprint density at radius 3 is 2.14 bits per heavy atom. The molecular formula is C15H32N2O3S. The van der Waals surface area contributed by atoms with E-state index in [0.717, 1.165) is 0 Å². The molecule has 0 heterocycles. The van der Waals surface area contributed by atoms with E-state index in [9.17, 15) is 9.00 Å². The third-order valence-corrected chi connectivity index (χ3v) is 4.23. The maximum absolute atomic E-state index is 12.3. The van der Waals surface area contributed by atoms with Crippen LogP contribution < -0.4 is 5.32 Å². The van der Waals surface area contributed by atoms with Gasteiger partial charge < -0.3 is 15.0 Å². The van der Waals surface area contributed by atoms with E-state index in [1.54, 1.807) is 11.2 Å². The van der Waals surface area contributed by atoms with Crippen LogP contribution in [0.2, 0.25) is 0 Å². The zero-order chi connectivity index (χ0) is 16.8. The number of amides is 1. The lowest BCUT2D eigenvalue weighted by Crippen LogP contribution is -2.50. The van der Waals surface area contributed by atoms with Gasteiger partial charge >= 0.3 is 6.09 Å². The Kier molecular flexibility index (Phi) is 7.89. The Morgan fingerprint density at radius 2 is 1.76 bits per heavy atom. The minimum absolute atomic E-state index is 0.106. The van der Waals surface area contributed by atoms with Crippen LogP contribution in [0.25, 0.3) is 0 Å². The average Bonchev–Trinajstić information content (AvgIpc) is 2.23. The molecule has 0 rings (SSSR count). The molecule has 6 heteroatoms. The van der Waals surface area contributed by atoms with Crippen LogP contribution >= 0.6 is 0 Å². The molecule has 0 aliphatic carbocycles. The highest BCUT2D eigenvalue weighted by Crippen LogP contribution is 2.17. The minimum Gasteiger partial charge on any atom is -0.444 e. The summed E-state index contributed by atoms with van der Waals surface area (Å²) in [6.07, 6.45) is 1.40. The van der Waals surface area contributed by atoms with Gasteiger partial charge in [-0.3, -0.25) is 4.21 Å². The van der Waals surface area contributed by atoms with Crippen LogP contribution in [0.15, 0.2) is 0 Å². The first-order chi connectivity index (χ1) is 9.34. The first-order valence-corrected chi connectivity index (χ1v) is 9.00. The van der Waals surface area contributed by atoms with Gasteiger partial charge in [0.25, 0.3) is 0 Å². The standard InChI is InChI=1S/C15H32N2O3S/c1-12(21(8)19)11-16-9-10-17(14(2,3)4)13(18)20-15(5,6)7/h12,16H,9-11H2,1-8H3. The summed E-state index contributed by atoms with van der Waals surface area (Å²) in [5.74, 6) is 0. The van der Waals surface area contributed by atoms with Crippen LogP contribution in [0.4, 0.5) is 4.79 Å². The van der Waals surface area contributed by atoms with Gasteiger partial charge in [-0.25, -0.2) is 4.79 Å². The molecule has 0 saturated carbocycles. The van der Waals surface area contributed by atoms with Crippen molar-refractivity contribution in [2.45, 2.75) is 64.9 Å². The normalized spacial score (nSPS) is 15.4. The predicted octanol–water partition coefficient (Wildman–Crippen LogP) is 2.38. The van der Waals surface area contributed by atoms with E-state index in [1.165, 1.54) is 0 Å². The molecular weight excluding hydrogens is 288 g/mol. The molecule has 0 aromatic carbocycles. The van der Waals surface area contributed by atoms with Crippen LogP contribution in [0.5, 0.6) is 0 Å². The van der Waals surface area contributed by atoms with Gasteiger partial charge in [0, 0.05) is 47.5 Å². The summed E-state index contributed by atoms with van der Waals surface area (Å²) in [5, 5.41) is 3.35. The third kappa shape index (κ3) is 9.09. The van der Waals surface area contributed by atoms with Crippen LogP contribution in [0.1, 0.15) is 48.5 Å². The van der Waals surface area contributed by atoms with Crippen molar-refractivity contribution in [1.29, 1.82) is 0 Å². The second kappa shape index (κ2) is 8.13. The van der Waals surface area contributed by atoms with Crippen molar-refractivity contribution in [2.24, 2.45) is 0 Å². The number of hydrogen-bond donors (Lipinski definition) is 1. The molecule has 0 aromatic heterocycles. The maximum Gasteiger partial charge on any atom is 0.410 e. The molecule has 0 radical (unpaired) electrons. The largest absolute Gasteiger partial charge is 0.444 e. The van der Waals surface area contributed by atoms with E-state index in [2.05, 4.69) is 5.32 Å². The van der Waals surface area contributed by atoms with E-state index in [4.69, 9.17) is 4.74 Å². The summed E-state index contributed by atoms with van der Waals surface area (Å²) in [5.41, 5.74) is -0.801. The molecule has 1 N–H and O–H groups in total. The molecule has 0 aliphatic heterocycles. The zero-order valence-electron chi connectivity index (χ0n) is 14.8. The number of nitrogens with one attached hydrogen (secondary N) is 1. The fourth-order valence-corrected chi connectivity index (χ4v) is 1.98. The lowest BCUT2D eigenvalue weighted by Gasteiger charge is -2.37. The van der Waals surface area contributed by atoms with Gasteiger partial charge in [-0.1, -0.05) is 0 Å². The first kappa shape index (κ1) is 20.4. The van der Waals surface area contributed by atoms with Crippen molar-refractivity contribution in [3.05, 3.63) is 0 Å². The number of carbonyl (C=O) groups is 1. The van der Waals surface area contributed by atoms with E-state index < -0.39 is 16.4 Å². The van der Waals surface area contributed by atoms with Crippen molar-refractivity contribution >= 4 is 16.9 Å². The summed E-state index contributed by atoms with van der Waals surface area (Å²) in [6.45, 7) is 15.4. The molecule has 2 atom stereocenters. The predicted molar refractivity (Wildman–Crippen MR) is 89.1 cm³/mol. The van der Waals surface area contributed by atoms with Crippen molar-refractivity contribution in [2.75, 3.05) is 25.9 Å². The van der Waals surface area contributed by atoms with Gasteiger partial charge in [0.2, 0.25) is 0 Å². The monoisotopic (exact) mass is 320 g/mol. The SMILES string of the molecule is CC(CNCCN(C(=O)OC(C)(C)C)C(C)(C)C)S(C)=O. The highest BCUT2D eigenvalue weighted by Gasteiger charge is 2.30. The Balaban J connectivity index is 4.47. The molecule has 21 heavy (non-hydrogen) atoms. The summed E-state index contributed by atoms with van der Waals surface area (Å²) in [6, 6.07) is 0. The van der Waals surface area contributed by atoms with Gasteiger partial charge in [-0.2, -0.15) is 0 Å². The zero-order valence-corrected chi connectivity index (χ0v) is 15.6. The van der Waals surface area contributed by atoms with Gasteiger partial charge in [-0.05, 0) is 48.5 Å². The molecule has 0 bridgehead atoms. The molecule has 5 nitrogen and oxygen atoms in total. The van der Waals surface area contributed by atoms with E-state index >= 15 is 0 Å². The highest BCUT2D eigenvalue weighted by atomic mass is 32.2. The second-order valence-electron chi connectivity index (χ2n) is 7.32. The first-order valence-electron chi connectivity index (χ1n) is 7.38. The van der Waals surface area contributed by atoms with E-state index in [1.807, 2.05) is 48.5 Å². The Morgan fingerprint density at radius 1 is 1.24 bits per heavy atom. The lowest BCUT2D eigenvalue weighted by atomic mass is 10.1. The summed E-state index contributed by atoms with van der Waals surface area (Å²) >= 11 is 0. The molecule has 0 saturated heterocycles. The number of carbonyl (C=O) groups excluding carboxylic acids is 1. The van der Waals surface area contributed by atoms with E-state index in [-0.39, 0.29) is 16.9 Å². The highest BCUT2D eigenvalue weighted by molar-refractivity contribution is 7.84. The molecule has 0 aromatic rings. The lowest BCUT2D eigenvalue weighted by molar-refractivity contribution is 0.00667. The fraction of sp³-hybridized carbons (Fsp3) is 0.933. The molecule has 2 unspecified atom stereocenters. The van der Waals surface area contributed by atoms with E-state index in [0.29, 0.717) is 19.6 Å². The van der Waals surface area contributed by atoms with Crippen LogP contribution in [-0.2, 0) is 15.5 Å². The fourth-order valence-electron chi connectivity index (χ4n) is 1.63. The van der Waals surface area contributed by atoms with Crippen molar-refractivity contribution in [3.63, 3.8) is 0 Å². The van der Waals surface area contributed by atoms with Gasteiger partial charge in [0.15, 0.2) is 0 Å². The smallest absolute Gasteiger partial charge is 0.410 e. The Hall–Kier alpha value is -0.620. The number of hydrogen-bond acceptors (Lipinski definition) is 4. The van der Waals surface area contributed by atoms with Crippen molar-refractivity contribution in [1.82, 2.24) is 10.2 Å². The molecule has 1 amide bonds. The maximum atomic E-state index is 12.3. The summed E-state index contributed by atoms with van der Waals surface area (Å²) < 4.78 is 16.7. The Labute approximate surface area is 132 Å². The summed E-state index contributed by atoms with van der Waals surface area (Å²) in [7, 11) is -0.831. The van der Waals surface area contributed by atoms with Gasteiger partial charge in [0.05, 0.1) is 0 Å². The second-order valence-corrected chi connectivity index (χ2v) is 9.12. The number of ether oxygens (including phenoxy) is 1. The van der Waals surface area contributed by atoms with Crippen molar-refractivity contribution < 1.29 is 13.7 Å². The molecule has 0 spiro atoms. The Bertz CT molecular complexity index is 359. The third-order valence-electron chi connectivity index (χ3n) is 2.93. The summed E-state index contributed by atoms with van der Waals surface area (Å²) in [4.78, 5) is 14.0. The van der Waals surface area contributed by atoms with Crippen LogP contribution in [0.3, 0.4) is 0 Å². The number of nitrogens with zero attached hydrogens (tertiary/aromatic N) is 1. The van der Waals surface area contributed by atoms with Gasteiger partial charge in [0.1, 0.15) is 5.60 Å². The topological polar surface area (TPSA) is 58.6 Å². The van der Waals surface area contributed by atoms with Crippen LogP contribution in [-0.4, -0.2) is 57.5 Å². The van der Waals surface area contributed by atoms with Crippen molar-refractivity contribution in [3.8, 4) is 0 Å². The molecule has 0 aliphatic rings. The molecule has 126 valence electrons. The number of rotatable bonds is 6. The minimum atomic E-state index is -0.831.